The topological polar surface area (TPSA) is 64.0 Å². The number of amides is 1. The first-order chi connectivity index (χ1) is 12.7. The number of carbonyl (C=O) groups is 2. The second kappa shape index (κ2) is 7.44. The molecule has 2 aliphatic carbocycles. The second-order valence-corrected chi connectivity index (χ2v) is 7.55. The van der Waals surface area contributed by atoms with Crippen molar-refractivity contribution in [3.8, 4) is 5.69 Å². The maximum Gasteiger partial charge on any atom is 0.223 e. The van der Waals surface area contributed by atoms with E-state index >= 15 is 0 Å². The molecule has 2 atom stereocenters. The van der Waals surface area contributed by atoms with Crippen LogP contribution in [-0.4, -0.2) is 28.0 Å². The van der Waals surface area contributed by atoms with E-state index in [1.165, 1.54) is 5.56 Å². The standard InChI is InChI=1S/C21H25N3O2/c25-20-16-3-1-4-17(20)14-18(13-16)21(26)22-11-9-15-5-7-19(8-6-15)24-12-2-10-23-24/h2,5-8,10,12,16-18H,1,3-4,9,11,13-14H2,(H,22,26). The predicted molar refractivity (Wildman–Crippen MR) is 98.8 cm³/mol. The van der Waals surface area contributed by atoms with Gasteiger partial charge in [-0.05, 0) is 55.9 Å². The molecule has 2 unspecified atom stereocenters. The van der Waals surface area contributed by atoms with Crippen molar-refractivity contribution in [3.63, 3.8) is 0 Å². The van der Waals surface area contributed by atoms with E-state index in [-0.39, 0.29) is 23.7 Å². The molecular weight excluding hydrogens is 326 g/mol. The maximum atomic E-state index is 12.5. The molecule has 1 amide bonds. The number of carbonyl (C=O) groups excluding carboxylic acids is 2. The van der Waals surface area contributed by atoms with E-state index in [9.17, 15) is 9.59 Å². The van der Waals surface area contributed by atoms with Crippen molar-refractivity contribution in [2.24, 2.45) is 17.8 Å². The summed E-state index contributed by atoms with van der Waals surface area (Å²) in [7, 11) is 0. The quantitative estimate of drug-likeness (QED) is 0.901. The van der Waals surface area contributed by atoms with Crippen LogP contribution in [0.25, 0.3) is 5.69 Å². The Morgan fingerprint density at radius 1 is 1.15 bits per heavy atom. The number of hydrogen-bond acceptors (Lipinski definition) is 3. The van der Waals surface area contributed by atoms with Crippen LogP contribution >= 0.6 is 0 Å². The number of hydrogen-bond donors (Lipinski definition) is 1. The van der Waals surface area contributed by atoms with E-state index in [1.54, 1.807) is 6.20 Å². The first-order valence-corrected chi connectivity index (χ1v) is 9.61. The van der Waals surface area contributed by atoms with E-state index in [0.717, 1.165) is 44.2 Å². The number of nitrogens with one attached hydrogen (secondary N) is 1. The van der Waals surface area contributed by atoms with Crippen LogP contribution in [0.5, 0.6) is 0 Å². The molecule has 4 rings (SSSR count). The lowest BCUT2D eigenvalue weighted by Gasteiger charge is -2.36. The van der Waals surface area contributed by atoms with Gasteiger partial charge in [-0.15, -0.1) is 0 Å². The van der Waals surface area contributed by atoms with Gasteiger partial charge in [-0.2, -0.15) is 5.10 Å². The summed E-state index contributed by atoms with van der Waals surface area (Å²) in [5, 5.41) is 7.30. The van der Waals surface area contributed by atoms with Crippen molar-refractivity contribution in [2.75, 3.05) is 6.54 Å². The number of rotatable bonds is 5. The average molecular weight is 351 g/mol. The maximum absolute atomic E-state index is 12.5. The van der Waals surface area contributed by atoms with Gasteiger partial charge in [0.2, 0.25) is 5.91 Å². The van der Waals surface area contributed by atoms with Crippen molar-refractivity contribution >= 4 is 11.7 Å². The van der Waals surface area contributed by atoms with E-state index in [0.29, 0.717) is 12.3 Å². The van der Waals surface area contributed by atoms with Crippen LogP contribution < -0.4 is 5.32 Å². The lowest BCUT2D eigenvalue weighted by Crippen LogP contribution is -2.42. The van der Waals surface area contributed by atoms with Gasteiger partial charge in [0, 0.05) is 36.7 Å². The van der Waals surface area contributed by atoms with Crippen molar-refractivity contribution in [1.29, 1.82) is 0 Å². The van der Waals surface area contributed by atoms with Crippen LogP contribution in [0.4, 0.5) is 0 Å². The molecule has 0 radical (unpaired) electrons. The number of fused-ring (bicyclic) bond motifs is 2. The highest BCUT2D eigenvalue weighted by Crippen LogP contribution is 2.40. The van der Waals surface area contributed by atoms with Crippen LogP contribution in [-0.2, 0) is 16.0 Å². The SMILES string of the molecule is O=C(NCCc1ccc(-n2cccn2)cc1)C1CC2CCCC(C1)C2=O. The summed E-state index contributed by atoms with van der Waals surface area (Å²) < 4.78 is 1.83. The van der Waals surface area contributed by atoms with E-state index in [1.807, 2.05) is 29.1 Å². The lowest BCUT2D eigenvalue weighted by atomic mass is 9.67. The second-order valence-electron chi connectivity index (χ2n) is 7.55. The van der Waals surface area contributed by atoms with Crippen LogP contribution in [0.3, 0.4) is 0 Å². The molecule has 2 bridgehead atoms. The molecule has 0 spiro atoms. The molecule has 2 aliphatic rings. The molecule has 5 heteroatoms. The van der Waals surface area contributed by atoms with Gasteiger partial charge in [0.05, 0.1) is 5.69 Å². The molecule has 136 valence electrons. The Morgan fingerprint density at radius 2 is 1.88 bits per heavy atom. The Bertz CT molecular complexity index is 751. The predicted octanol–water partition coefficient (Wildman–Crippen LogP) is 2.93. The Balaban J connectivity index is 1.27. The summed E-state index contributed by atoms with van der Waals surface area (Å²) in [5.74, 6) is 0.825. The molecule has 2 saturated carbocycles. The Hall–Kier alpha value is -2.43. The Labute approximate surface area is 153 Å². The van der Waals surface area contributed by atoms with Crippen molar-refractivity contribution in [2.45, 2.75) is 38.5 Å². The van der Waals surface area contributed by atoms with Crippen molar-refractivity contribution < 1.29 is 9.59 Å². The van der Waals surface area contributed by atoms with Crippen LogP contribution in [0, 0.1) is 17.8 Å². The molecule has 1 N–H and O–H groups in total. The molecule has 1 heterocycles. The number of Topliss-reactive ketones (excluding diaryl/α,β-unsaturated/α-hetero) is 1. The minimum atomic E-state index is 0.0187. The first-order valence-electron chi connectivity index (χ1n) is 9.61. The fourth-order valence-corrected chi connectivity index (χ4v) is 4.40. The zero-order valence-electron chi connectivity index (χ0n) is 14.9. The zero-order valence-corrected chi connectivity index (χ0v) is 14.9. The summed E-state index contributed by atoms with van der Waals surface area (Å²) in [6, 6.07) is 10.1. The van der Waals surface area contributed by atoms with Gasteiger partial charge in [0.1, 0.15) is 5.78 Å². The summed E-state index contributed by atoms with van der Waals surface area (Å²) in [6.45, 7) is 0.639. The molecular formula is C21H25N3O2. The van der Waals surface area contributed by atoms with E-state index in [4.69, 9.17) is 0 Å². The number of nitrogens with zero attached hydrogens (tertiary/aromatic N) is 2. The highest BCUT2D eigenvalue weighted by molar-refractivity contribution is 5.88. The number of benzene rings is 1. The summed E-state index contributed by atoms with van der Waals surface area (Å²) in [6.07, 6.45) is 9.08. The third-order valence-corrected chi connectivity index (χ3v) is 5.84. The highest BCUT2D eigenvalue weighted by Gasteiger charge is 2.41. The largest absolute Gasteiger partial charge is 0.356 e. The Morgan fingerprint density at radius 3 is 2.54 bits per heavy atom. The van der Waals surface area contributed by atoms with Crippen LogP contribution in [0.2, 0.25) is 0 Å². The van der Waals surface area contributed by atoms with Gasteiger partial charge in [-0.3, -0.25) is 9.59 Å². The third-order valence-electron chi connectivity index (χ3n) is 5.84. The molecule has 5 nitrogen and oxygen atoms in total. The fourth-order valence-electron chi connectivity index (χ4n) is 4.40. The monoisotopic (exact) mass is 351 g/mol. The molecule has 26 heavy (non-hydrogen) atoms. The normalized spacial score (nSPS) is 25.1. The fraction of sp³-hybridized carbons (Fsp3) is 0.476. The molecule has 1 aromatic carbocycles. The van der Waals surface area contributed by atoms with Crippen molar-refractivity contribution in [3.05, 3.63) is 48.3 Å². The molecule has 0 saturated heterocycles. The van der Waals surface area contributed by atoms with Crippen molar-refractivity contribution in [1.82, 2.24) is 15.1 Å². The van der Waals surface area contributed by atoms with E-state index in [2.05, 4.69) is 22.5 Å². The van der Waals surface area contributed by atoms with Gasteiger partial charge >= 0.3 is 0 Å². The first kappa shape index (κ1) is 17.0. The van der Waals surface area contributed by atoms with Gasteiger partial charge in [-0.1, -0.05) is 18.6 Å². The number of ketones is 1. The number of aromatic nitrogens is 2. The highest BCUT2D eigenvalue weighted by atomic mass is 16.2. The average Bonchev–Trinajstić information content (AvgIpc) is 3.16. The Kier molecular flexibility index (Phi) is 4.87. The van der Waals surface area contributed by atoms with Gasteiger partial charge < -0.3 is 5.32 Å². The smallest absolute Gasteiger partial charge is 0.223 e. The summed E-state index contributed by atoms with van der Waals surface area (Å²) >= 11 is 0. The van der Waals surface area contributed by atoms with Gasteiger partial charge in [0.15, 0.2) is 0 Å². The minimum absolute atomic E-state index is 0.0187. The summed E-state index contributed by atoms with van der Waals surface area (Å²) in [4.78, 5) is 24.7. The summed E-state index contributed by atoms with van der Waals surface area (Å²) in [5.41, 5.74) is 2.22. The molecule has 2 fully saturated rings. The third kappa shape index (κ3) is 3.57. The van der Waals surface area contributed by atoms with Gasteiger partial charge in [-0.25, -0.2) is 4.68 Å². The molecule has 0 aliphatic heterocycles. The van der Waals surface area contributed by atoms with E-state index < -0.39 is 0 Å². The zero-order chi connectivity index (χ0) is 17.9. The van der Waals surface area contributed by atoms with Gasteiger partial charge in [0.25, 0.3) is 0 Å². The minimum Gasteiger partial charge on any atom is -0.356 e. The lowest BCUT2D eigenvalue weighted by molar-refractivity contribution is -0.137. The van der Waals surface area contributed by atoms with Crippen LogP contribution in [0.15, 0.2) is 42.7 Å². The molecule has 1 aromatic heterocycles. The molecule has 2 aromatic rings. The van der Waals surface area contributed by atoms with Crippen LogP contribution in [0.1, 0.15) is 37.7 Å².